The molecule has 62 valence electrons. The number of aromatic nitrogens is 2. The normalized spacial score (nSPS) is 16.4. The van der Waals surface area contributed by atoms with Gasteiger partial charge in [-0.15, -0.1) is 0 Å². The van der Waals surface area contributed by atoms with Crippen LogP contribution in [0.3, 0.4) is 0 Å². The Bertz CT molecular complexity index is 230. The van der Waals surface area contributed by atoms with Gasteiger partial charge in [0.05, 0.1) is 0 Å². The molecular formula is C8H13BrN2. The minimum Gasteiger partial charge on any atom is -0.338 e. The standard InChI is InChI=1S/C8H13BrN2/c1-6(7(2)9)8-10-4-5-11(8)3/h4-7H,1-3H3. The lowest BCUT2D eigenvalue weighted by Crippen LogP contribution is -2.10. The number of rotatable bonds is 2. The molecule has 0 aliphatic carbocycles. The summed E-state index contributed by atoms with van der Waals surface area (Å²) in [7, 11) is 2.02. The SMILES string of the molecule is CC(Br)C(C)c1nccn1C. The molecule has 1 rings (SSSR count). The van der Waals surface area contributed by atoms with E-state index in [1.165, 1.54) is 0 Å². The van der Waals surface area contributed by atoms with Crippen molar-refractivity contribution in [1.29, 1.82) is 0 Å². The fourth-order valence-corrected chi connectivity index (χ4v) is 1.26. The highest BCUT2D eigenvalue weighted by Crippen LogP contribution is 2.21. The van der Waals surface area contributed by atoms with Crippen LogP contribution in [0.4, 0.5) is 0 Å². The summed E-state index contributed by atoms with van der Waals surface area (Å²) in [6.07, 6.45) is 3.81. The lowest BCUT2D eigenvalue weighted by atomic mass is 10.1. The molecule has 0 saturated heterocycles. The highest BCUT2D eigenvalue weighted by Gasteiger charge is 2.14. The first-order chi connectivity index (χ1) is 5.13. The maximum atomic E-state index is 4.27. The van der Waals surface area contributed by atoms with E-state index in [1.54, 1.807) is 0 Å². The third-order valence-corrected chi connectivity index (χ3v) is 2.75. The molecule has 0 aliphatic heterocycles. The Kier molecular flexibility index (Phi) is 2.71. The summed E-state index contributed by atoms with van der Waals surface area (Å²) in [4.78, 5) is 4.75. The van der Waals surface area contributed by atoms with Crippen LogP contribution in [0.2, 0.25) is 0 Å². The van der Waals surface area contributed by atoms with Gasteiger partial charge in [0, 0.05) is 30.2 Å². The number of hydrogen-bond acceptors (Lipinski definition) is 1. The van der Waals surface area contributed by atoms with Gasteiger partial charge in [0.1, 0.15) is 5.82 Å². The predicted octanol–water partition coefficient (Wildman–Crippen LogP) is 2.31. The number of aryl methyl sites for hydroxylation is 1. The molecule has 11 heavy (non-hydrogen) atoms. The van der Waals surface area contributed by atoms with Crippen LogP contribution in [0.25, 0.3) is 0 Å². The number of hydrogen-bond donors (Lipinski definition) is 0. The third kappa shape index (κ3) is 1.83. The topological polar surface area (TPSA) is 17.8 Å². The van der Waals surface area contributed by atoms with Crippen LogP contribution in [-0.2, 0) is 7.05 Å². The summed E-state index contributed by atoms with van der Waals surface area (Å²) in [6.45, 7) is 4.31. The minimum absolute atomic E-state index is 0.468. The molecule has 1 aromatic rings. The monoisotopic (exact) mass is 216 g/mol. The summed E-state index contributed by atoms with van der Waals surface area (Å²) < 4.78 is 2.06. The van der Waals surface area contributed by atoms with Crippen LogP contribution in [0.1, 0.15) is 25.6 Å². The van der Waals surface area contributed by atoms with Crippen molar-refractivity contribution < 1.29 is 0 Å². The van der Waals surface area contributed by atoms with Gasteiger partial charge in [-0.25, -0.2) is 4.98 Å². The Morgan fingerprint density at radius 1 is 1.55 bits per heavy atom. The largest absolute Gasteiger partial charge is 0.338 e. The number of imidazole rings is 1. The van der Waals surface area contributed by atoms with Crippen LogP contribution >= 0.6 is 15.9 Å². The van der Waals surface area contributed by atoms with E-state index >= 15 is 0 Å². The van der Waals surface area contributed by atoms with Crippen molar-refractivity contribution in [2.75, 3.05) is 0 Å². The number of halogens is 1. The summed E-state index contributed by atoms with van der Waals surface area (Å²) in [5.74, 6) is 1.60. The molecule has 0 aliphatic rings. The van der Waals surface area contributed by atoms with Gasteiger partial charge in [-0.05, 0) is 0 Å². The molecule has 3 heteroatoms. The third-order valence-electron chi connectivity index (χ3n) is 1.95. The lowest BCUT2D eigenvalue weighted by molar-refractivity contribution is 0.659. The van der Waals surface area contributed by atoms with Crippen molar-refractivity contribution in [3.05, 3.63) is 18.2 Å². The van der Waals surface area contributed by atoms with Crippen molar-refractivity contribution in [2.45, 2.75) is 24.6 Å². The molecule has 0 fully saturated rings. The molecule has 0 saturated carbocycles. The zero-order chi connectivity index (χ0) is 8.43. The van der Waals surface area contributed by atoms with Gasteiger partial charge in [0.2, 0.25) is 0 Å². The Balaban J connectivity index is 2.84. The second-order valence-corrected chi connectivity index (χ2v) is 4.31. The molecule has 0 bridgehead atoms. The van der Waals surface area contributed by atoms with E-state index in [9.17, 15) is 0 Å². The molecule has 0 N–H and O–H groups in total. The smallest absolute Gasteiger partial charge is 0.112 e. The van der Waals surface area contributed by atoms with Gasteiger partial charge in [-0.3, -0.25) is 0 Å². The second-order valence-electron chi connectivity index (χ2n) is 2.86. The molecule has 0 amide bonds. The highest BCUT2D eigenvalue weighted by atomic mass is 79.9. The molecule has 0 aromatic carbocycles. The first-order valence-electron chi connectivity index (χ1n) is 3.74. The highest BCUT2D eigenvalue weighted by molar-refractivity contribution is 9.09. The van der Waals surface area contributed by atoms with Crippen molar-refractivity contribution in [3.63, 3.8) is 0 Å². The molecule has 0 radical (unpaired) electrons. The summed E-state index contributed by atoms with van der Waals surface area (Å²) >= 11 is 3.54. The van der Waals surface area contributed by atoms with E-state index in [2.05, 4.69) is 39.3 Å². The summed E-state index contributed by atoms with van der Waals surface area (Å²) in [6, 6.07) is 0. The van der Waals surface area contributed by atoms with Crippen molar-refractivity contribution >= 4 is 15.9 Å². The fourth-order valence-electron chi connectivity index (χ4n) is 1.02. The average molecular weight is 217 g/mol. The van der Waals surface area contributed by atoms with Crippen LogP contribution < -0.4 is 0 Å². The molecule has 2 atom stereocenters. The summed E-state index contributed by atoms with van der Waals surface area (Å²) in [5.41, 5.74) is 0. The van der Waals surface area contributed by atoms with Crippen LogP contribution in [-0.4, -0.2) is 14.4 Å². The van der Waals surface area contributed by atoms with Crippen LogP contribution in [0.5, 0.6) is 0 Å². The van der Waals surface area contributed by atoms with Gasteiger partial charge in [-0.1, -0.05) is 29.8 Å². The van der Waals surface area contributed by atoms with Gasteiger partial charge >= 0.3 is 0 Å². The first-order valence-corrected chi connectivity index (χ1v) is 4.65. The number of alkyl halides is 1. The molecule has 1 heterocycles. The maximum Gasteiger partial charge on any atom is 0.112 e. The van der Waals surface area contributed by atoms with E-state index in [0.29, 0.717) is 10.7 Å². The van der Waals surface area contributed by atoms with Gasteiger partial charge in [0.25, 0.3) is 0 Å². The molecule has 0 spiro atoms. The van der Waals surface area contributed by atoms with Gasteiger partial charge in [0.15, 0.2) is 0 Å². The van der Waals surface area contributed by atoms with Crippen molar-refractivity contribution in [3.8, 4) is 0 Å². The zero-order valence-corrected chi connectivity index (χ0v) is 8.67. The Morgan fingerprint density at radius 2 is 2.18 bits per heavy atom. The van der Waals surface area contributed by atoms with E-state index in [0.717, 1.165) is 5.82 Å². The quantitative estimate of drug-likeness (QED) is 0.695. The van der Waals surface area contributed by atoms with Gasteiger partial charge < -0.3 is 4.57 Å². The van der Waals surface area contributed by atoms with Crippen LogP contribution in [0.15, 0.2) is 12.4 Å². The van der Waals surface area contributed by atoms with E-state index < -0.39 is 0 Å². The molecular weight excluding hydrogens is 204 g/mol. The van der Waals surface area contributed by atoms with Crippen molar-refractivity contribution in [1.82, 2.24) is 9.55 Å². The maximum absolute atomic E-state index is 4.27. The minimum atomic E-state index is 0.468. The Labute approximate surface area is 75.8 Å². The second kappa shape index (κ2) is 3.39. The average Bonchev–Trinajstić information content (AvgIpc) is 2.33. The predicted molar refractivity (Wildman–Crippen MR) is 50.0 cm³/mol. The lowest BCUT2D eigenvalue weighted by Gasteiger charge is -2.13. The Hall–Kier alpha value is -0.310. The number of nitrogens with zero attached hydrogens (tertiary/aromatic N) is 2. The summed E-state index contributed by atoms with van der Waals surface area (Å²) in [5, 5.41) is 0. The van der Waals surface area contributed by atoms with Gasteiger partial charge in [-0.2, -0.15) is 0 Å². The molecule has 1 aromatic heterocycles. The Morgan fingerprint density at radius 3 is 2.55 bits per heavy atom. The van der Waals surface area contributed by atoms with Crippen LogP contribution in [0, 0.1) is 0 Å². The molecule has 2 nitrogen and oxygen atoms in total. The van der Waals surface area contributed by atoms with E-state index in [1.807, 2.05) is 19.4 Å². The van der Waals surface area contributed by atoms with E-state index in [4.69, 9.17) is 0 Å². The molecule has 2 unspecified atom stereocenters. The fraction of sp³-hybridized carbons (Fsp3) is 0.625. The van der Waals surface area contributed by atoms with Crippen molar-refractivity contribution in [2.24, 2.45) is 7.05 Å². The zero-order valence-electron chi connectivity index (χ0n) is 7.08. The first kappa shape index (κ1) is 8.78. The van der Waals surface area contributed by atoms with E-state index in [-0.39, 0.29) is 0 Å².